The molecule has 306 valence electrons. The van der Waals surface area contributed by atoms with E-state index in [2.05, 4.69) is 25.2 Å². The van der Waals surface area contributed by atoms with Crippen LogP contribution in [-0.4, -0.2) is 81.1 Å². The van der Waals surface area contributed by atoms with E-state index in [0.717, 1.165) is 29.8 Å². The summed E-state index contributed by atoms with van der Waals surface area (Å²) in [7, 11) is 3.10. The average Bonchev–Trinajstić information content (AvgIpc) is 3.71. The van der Waals surface area contributed by atoms with Crippen LogP contribution in [0.2, 0.25) is 0 Å². The molecule has 2 amide bonds. The van der Waals surface area contributed by atoms with Gasteiger partial charge in [0.25, 0.3) is 11.8 Å². The zero-order valence-electron chi connectivity index (χ0n) is 33.4. The number of benzene rings is 4. The van der Waals surface area contributed by atoms with Crippen LogP contribution in [0.15, 0.2) is 71.7 Å². The van der Waals surface area contributed by atoms with Gasteiger partial charge in [-0.15, -0.1) is 0 Å². The number of para-hydroxylation sites is 1. The molecule has 4 aliphatic rings. The lowest BCUT2D eigenvalue weighted by molar-refractivity contribution is -0.142. The Morgan fingerprint density at radius 3 is 2.20 bits per heavy atom. The smallest absolute Gasteiger partial charge is 0.311 e. The summed E-state index contributed by atoms with van der Waals surface area (Å²) >= 11 is 0. The summed E-state index contributed by atoms with van der Waals surface area (Å²) < 4.78 is 29.3. The summed E-state index contributed by atoms with van der Waals surface area (Å²) in [5.74, 6) is 0.497. The second kappa shape index (κ2) is 16.4. The number of carboxylic acid groups (broad SMARTS) is 1. The second-order valence-electron chi connectivity index (χ2n) is 15.6. The normalized spacial score (nSPS) is 18.1. The summed E-state index contributed by atoms with van der Waals surface area (Å²) in [5, 5.41) is 12.3. The fourth-order valence-electron chi connectivity index (χ4n) is 8.38. The summed E-state index contributed by atoms with van der Waals surface area (Å²) in [6.45, 7) is 5.65. The Morgan fingerprint density at radius 1 is 0.797 bits per heavy atom. The Kier molecular flexibility index (Phi) is 10.9. The third-order valence-corrected chi connectivity index (χ3v) is 11.2. The molecule has 0 saturated heterocycles. The average molecular weight is 803 g/mol. The van der Waals surface area contributed by atoms with Gasteiger partial charge in [0.2, 0.25) is 0 Å². The summed E-state index contributed by atoms with van der Waals surface area (Å²) in [6, 6.07) is 19.8. The van der Waals surface area contributed by atoms with E-state index in [1.165, 1.54) is 12.7 Å². The molecule has 0 spiro atoms. The number of esters is 1. The minimum absolute atomic E-state index is 0.0287. The number of hydrogen-bond acceptors (Lipinski definition) is 11. The molecule has 14 heteroatoms. The van der Waals surface area contributed by atoms with Crippen LogP contribution < -0.4 is 38.8 Å². The van der Waals surface area contributed by atoms with Crippen molar-refractivity contribution in [3.8, 4) is 28.7 Å². The van der Waals surface area contributed by atoms with Crippen LogP contribution >= 0.6 is 0 Å². The number of carbonyl (C=O) groups is 4. The van der Waals surface area contributed by atoms with E-state index in [9.17, 15) is 19.2 Å². The van der Waals surface area contributed by atoms with Gasteiger partial charge in [0, 0.05) is 42.7 Å². The highest BCUT2D eigenvalue weighted by Gasteiger charge is 2.39. The van der Waals surface area contributed by atoms with E-state index >= 15 is 0 Å². The SMILES string of the molecule is COc1cc2c(cc1OCC(C)CC(C)COc1cc3c(cc1OC)C(=O)N1c4ccccc4C[C@H]1CN3)N=C[C@@H]1Cc3cc(OC(=O)CCC(=O)O)ccc3N1C2=O. The Bertz CT molecular complexity index is 2360. The maximum Gasteiger partial charge on any atom is 0.311 e. The van der Waals surface area contributed by atoms with E-state index in [1.54, 1.807) is 54.6 Å². The highest BCUT2D eigenvalue weighted by molar-refractivity contribution is 6.15. The molecule has 0 saturated carbocycles. The molecule has 4 atom stereocenters. The molecule has 4 aromatic rings. The van der Waals surface area contributed by atoms with Crippen molar-refractivity contribution in [2.75, 3.05) is 49.1 Å². The predicted molar refractivity (Wildman–Crippen MR) is 221 cm³/mol. The largest absolute Gasteiger partial charge is 0.493 e. The van der Waals surface area contributed by atoms with Crippen LogP contribution in [0.25, 0.3) is 0 Å². The number of methoxy groups -OCH3 is 2. The highest BCUT2D eigenvalue weighted by Crippen LogP contribution is 2.43. The Labute approximate surface area is 341 Å². The van der Waals surface area contributed by atoms with Crippen LogP contribution in [0.4, 0.5) is 22.7 Å². The number of fused-ring (bicyclic) bond motifs is 8. The molecule has 4 aromatic carbocycles. The van der Waals surface area contributed by atoms with Crippen molar-refractivity contribution < 1.29 is 48.0 Å². The van der Waals surface area contributed by atoms with Crippen molar-refractivity contribution >= 4 is 52.7 Å². The molecule has 0 aromatic heterocycles. The van der Waals surface area contributed by atoms with Gasteiger partial charge in [0.05, 0.1) is 74.9 Å². The molecule has 4 heterocycles. The summed E-state index contributed by atoms with van der Waals surface area (Å²) in [5.41, 5.74) is 5.72. The van der Waals surface area contributed by atoms with Crippen molar-refractivity contribution in [3.05, 3.63) is 89.0 Å². The number of rotatable bonds is 14. The fraction of sp³-hybridized carbons (Fsp3) is 0.356. The standard InChI is InChI=1S/C45H46N4O10/c1-25(23-57-40-19-34-32(17-38(40)55-3)44(53)48-29(21-46-34)14-27-7-5-6-8-36(27)48)13-26(2)24-58-41-20-35-33(18-39(41)56-4)45(54)49-30(22-47-35)15-28-16-31(9-10-37(28)49)59-43(52)12-11-42(50)51/h5-10,16-20,22,25-26,29-30,46H,11-15,21,23-24H2,1-4H3,(H,50,51)/t25?,26?,29-,30-/m0/s1. The minimum Gasteiger partial charge on any atom is -0.493 e. The van der Waals surface area contributed by atoms with Crippen LogP contribution in [0.3, 0.4) is 0 Å². The van der Waals surface area contributed by atoms with Crippen LogP contribution in [0, 0.1) is 11.8 Å². The number of nitrogens with one attached hydrogen (secondary N) is 1. The lowest BCUT2D eigenvalue weighted by Gasteiger charge is -2.23. The molecule has 2 N–H and O–H groups in total. The molecular weight excluding hydrogens is 757 g/mol. The van der Waals surface area contributed by atoms with Crippen LogP contribution in [0.1, 0.15) is 65.0 Å². The van der Waals surface area contributed by atoms with Gasteiger partial charge in [0.1, 0.15) is 5.75 Å². The Hall–Kier alpha value is -6.57. The van der Waals surface area contributed by atoms with Crippen molar-refractivity contribution in [2.45, 2.75) is 58.0 Å². The van der Waals surface area contributed by atoms with Gasteiger partial charge in [-0.25, -0.2) is 0 Å². The van der Waals surface area contributed by atoms with Gasteiger partial charge in [-0.1, -0.05) is 32.0 Å². The Morgan fingerprint density at radius 2 is 1.47 bits per heavy atom. The van der Waals surface area contributed by atoms with Crippen molar-refractivity contribution in [1.82, 2.24) is 0 Å². The lowest BCUT2D eigenvalue weighted by Crippen LogP contribution is -2.39. The zero-order chi connectivity index (χ0) is 41.4. The monoisotopic (exact) mass is 802 g/mol. The maximum absolute atomic E-state index is 14.0. The first-order valence-corrected chi connectivity index (χ1v) is 19.8. The molecule has 14 nitrogen and oxygen atoms in total. The van der Waals surface area contributed by atoms with Gasteiger partial charge in [-0.3, -0.25) is 29.1 Å². The molecule has 0 fully saturated rings. The Balaban J connectivity index is 0.883. The lowest BCUT2D eigenvalue weighted by atomic mass is 9.98. The minimum atomic E-state index is -1.08. The fourth-order valence-corrected chi connectivity index (χ4v) is 8.38. The topological polar surface area (TPSA) is 166 Å². The van der Waals surface area contributed by atoms with E-state index in [0.29, 0.717) is 71.7 Å². The summed E-state index contributed by atoms with van der Waals surface area (Å²) in [4.78, 5) is 59.0. The van der Waals surface area contributed by atoms with E-state index in [4.69, 9.17) is 33.8 Å². The first-order chi connectivity index (χ1) is 28.5. The third-order valence-electron chi connectivity index (χ3n) is 11.2. The number of ether oxygens (including phenoxy) is 5. The van der Waals surface area contributed by atoms with Crippen LogP contribution in [-0.2, 0) is 22.4 Å². The van der Waals surface area contributed by atoms with Crippen LogP contribution in [0.5, 0.6) is 28.7 Å². The van der Waals surface area contributed by atoms with Crippen molar-refractivity contribution in [3.63, 3.8) is 0 Å². The molecule has 2 unspecified atom stereocenters. The number of amides is 2. The highest BCUT2D eigenvalue weighted by atomic mass is 16.5. The van der Waals surface area contributed by atoms with Gasteiger partial charge in [-0.05, 0) is 72.2 Å². The first kappa shape index (κ1) is 39.3. The number of anilines is 3. The quantitative estimate of drug-likeness (QED) is 0.101. The van der Waals surface area contributed by atoms with Gasteiger partial charge < -0.3 is 39.0 Å². The molecule has 4 aliphatic heterocycles. The maximum atomic E-state index is 14.0. The number of aliphatic carboxylic acids is 1. The number of carbonyl (C=O) groups excluding carboxylic acids is 3. The number of carboxylic acids is 1. The first-order valence-electron chi connectivity index (χ1n) is 19.8. The van der Waals surface area contributed by atoms with Gasteiger partial charge in [-0.2, -0.15) is 0 Å². The van der Waals surface area contributed by atoms with E-state index in [1.807, 2.05) is 29.2 Å². The predicted octanol–water partition coefficient (Wildman–Crippen LogP) is 6.88. The van der Waals surface area contributed by atoms with Gasteiger partial charge in [0.15, 0.2) is 23.0 Å². The molecule has 0 radical (unpaired) electrons. The van der Waals surface area contributed by atoms with Crippen molar-refractivity contribution in [1.29, 1.82) is 0 Å². The molecular formula is C45H46N4O10. The molecule has 0 bridgehead atoms. The van der Waals surface area contributed by atoms with Crippen molar-refractivity contribution in [2.24, 2.45) is 16.8 Å². The molecule has 0 aliphatic carbocycles. The molecule has 59 heavy (non-hydrogen) atoms. The van der Waals surface area contributed by atoms with E-state index < -0.39 is 11.9 Å². The summed E-state index contributed by atoms with van der Waals surface area (Å²) in [6.07, 6.45) is 3.24. The number of nitrogens with zero attached hydrogens (tertiary/aromatic N) is 3. The second-order valence-corrected chi connectivity index (χ2v) is 15.6. The number of hydrogen-bond donors (Lipinski definition) is 2. The number of aliphatic imine (C=N–C) groups is 1. The zero-order valence-corrected chi connectivity index (χ0v) is 33.4. The third kappa shape index (κ3) is 7.86. The van der Waals surface area contributed by atoms with E-state index in [-0.39, 0.29) is 54.3 Å². The molecule has 8 rings (SSSR count). The van der Waals surface area contributed by atoms with Gasteiger partial charge >= 0.3 is 11.9 Å².